The number of para-hydroxylation sites is 1. The molecule has 0 aliphatic heterocycles. The van der Waals surface area contributed by atoms with Crippen molar-refractivity contribution in [3.05, 3.63) is 28.8 Å². The lowest BCUT2D eigenvalue weighted by molar-refractivity contribution is -0.120. The average molecular weight is 228 g/mol. The summed E-state index contributed by atoms with van der Waals surface area (Å²) in [5.41, 5.74) is 1.59. The van der Waals surface area contributed by atoms with Gasteiger partial charge >= 0.3 is 0 Å². The zero-order valence-corrected chi connectivity index (χ0v) is 9.60. The molecular weight excluding hydrogens is 214 g/mol. The van der Waals surface area contributed by atoms with Gasteiger partial charge in [0.25, 0.3) is 0 Å². The monoisotopic (exact) mass is 227 g/mol. The van der Waals surface area contributed by atoms with E-state index in [1.54, 1.807) is 6.07 Å². The first-order chi connectivity index (χ1) is 7.15. The number of carbonyl (C=O) groups excluding carboxylic acids is 1. The van der Waals surface area contributed by atoms with Crippen LogP contribution in [-0.4, -0.2) is 19.1 Å². The van der Waals surface area contributed by atoms with E-state index in [2.05, 4.69) is 5.32 Å². The summed E-state index contributed by atoms with van der Waals surface area (Å²) in [6, 6.07) is 5.48. The fourth-order valence-corrected chi connectivity index (χ4v) is 1.43. The minimum absolute atomic E-state index is 0.0567. The number of aryl methyl sites for hydroxylation is 1. The third kappa shape index (κ3) is 3.53. The number of carbonyl (C=O) groups is 1. The molecule has 0 radical (unpaired) electrons. The Labute approximate surface area is 94.4 Å². The third-order valence-corrected chi connectivity index (χ3v) is 2.24. The van der Waals surface area contributed by atoms with Gasteiger partial charge in [0.05, 0.1) is 10.7 Å². The first kappa shape index (κ1) is 12.0. The van der Waals surface area contributed by atoms with Gasteiger partial charge in [-0.2, -0.15) is 0 Å². The van der Waals surface area contributed by atoms with Crippen LogP contribution in [0, 0.1) is 6.92 Å². The summed E-state index contributed by atoms with van der Waals surface area (Å²) in [5, 5.41) is 3.26. The van der Waals surface area contributed by atoms with Crippen LogP contribution in [0.3, 0.4) is 0 Å². The predicted octanol–water partition coefficient (Wildman–Crippen LogP) is 2.62. The van der Waals surface area contributed by atoms with Crippen molar-refractivity contribution >= 4 is 23.2 Å². The molecule has 0 unspecified atom stereocenters. The minimum atomic E-state index is -0.187. The molecule has 0 fully saturated rings. The Morgan fingerprint density at radius 3 is 2.87 bits per heavy atom. The second-order valence-electron chi connectivity index (χ2n) is 3.12. The third-order valence-electron chi connectivity index (χ3n) is 1.92. The Hall–Kier alpha value is -1.06. The van der Waals surface area contributed by atoms with E-state index in [1.807, 2.05) is 26.0 Å². The maximum Gasteiger partial charge on any atom is 0.250 e. The molecule has 82 valence electrons. The highest BCUT2D eigenvalue weighted by Crippen LogP contribution is 2.24. The minimum Gasteiger partial charge on any atom is -0.372 e. The molecule has 0 saturated heterocycles. The van der Waals surface area contributed by atoms with Gasteiger partial charge in [0.1, 0.15) is 6.61 Å². The molecule has 3 nitrogen and oxygen atoms in total. The van der Waals surface area contributed by atoms with Gasteiger partial charge in [-0.05, 0) is 25.5 Å². The predicted molar refractivity (Wildman–Crippen MR) is 61.3 cm³/mol. The molecule has 1 aromatic rings. The number of amides is 1. The molecule has 0 spiro atoms. The summed E-state index contributed by atoms with van der Waals surface area (Å²) in [4.78, 5) is 11.4. The summed E-state index contributed by atoms with van der Waals surface area (Å²) in [6.07, 6.45) is 0. The summed E-state index contributed by atoms with van der Waals surface area (Å²) < 4.78 is 4.99. The number of anilines is 1. The van der Waals surface area contributed by atoms with Gasteiger partial charge in [-0.1, -0.05) is 23.7 Å². The largest absolute Gasteiger partial charge is 0.372 e. The van der Waals surface area contributed by atoms with E-state index in [9.17, 15) is 4.79 Å². The number of rotatable bonds is 4. The van der Waals surface area contributed by atoms with E-state index in [4.69, 9.17) is 16.3 Å². The molecule has 4 heteroatoms. The Balaban J connectivity index is 2.68. The highest BCUT2D eigenvalue weighted by Gasteiger charge is 2.07. The fraction of sp³-hybridized carbons (Fsp3) is 0.364. The van der Waals surface area contributed by atoms with E-state index in [-0.39, 0.29) is 12.5 Å². The van der Waals surface area contributed by atoms with Crippen molar-refractivity contribution in [2.24, 2.45) is 0 Å². The first-order valence-corrected chi connectivity index (χ1v) is 5.15. The second-order valence-corrected chi connectivity index (χ2v) is 3.52. The molecule has 1 aromatic carbocycles. The van der Waals surface area contributed by atoms with Gasteiger partial charge in [0.15, 0.2) is 0 Å². The van der Waals surface area contributed by atoms with E-state index in [1.165, 1.54) is 0 Å². The van der Waals surface area contributed by atoms with Crippen molar-refractivity contribution in [3.63, 3.8) is 0 Å². The van der Waals surface area contributed by atoms with Crippen LogP contribution in [-0.2, 0) is 9.53 Å². The van der Waals surface area contributed by atoms with Crippen molar-refractivity contribution < 1.29 is 9.53 Å². The Morgan fingerprint density at radius 1 is 1.53 bits per heavy atom. The summed E-state index contributed by atoms with van der Waals surface area (Å²) in [6.45, 7) is 4.31. The fourth-order valence-electron chi connectivity index (χ4n) is 1.16. The molecule has 0 aliphatic carbocycles. The standard InChI is InChI=1S/C11H14ClNO2/c1-3-15-7-10(14)13-11-8(2)5-4-6-9(11)12/h4-6H,3,7H2,1-2H3,(H,13,14). The normalized spacial score (nSPS) is 10.1. The average Bonchev–Trinajstić information content (AvgIpc) is 2.21. The van der Waals surface area contributed by atoms with Gasteiger partial charge in [-0.15, -0.1) is 0 Å². The number of hydrogen-bond donors (Lipinski definition) is 1. The first-order valence-electron chi connectivity index (χ1n) is 4.78. The molecular formula is C11H14ClNO2. The smallest absolute Gasteiger partial charge is 0.250 e. The SMILES string of the molecule is CCOCC(=O)Nc1c(C)cccc1Cl. The van der Waals surface area contributed by atoms with Crippen LogP contribution in [0.1, 0.15) is 12.5 Å². The second kappa shape index (κ2) is 5.73. The van der Waals surface area contributed by atoms with Gasteiger partial charge in [0, 0.05) is 6.61 Å². The molecule has 1 N–H and O–H groups in total. The number of benzene rings is 1. The topological polar surface area (TPSA) is 38.3 Å². The van der Waals surface area contributed by atoms with Crippen molar-refractivity contribution in [1.82, 2.24) is 0 Å². The number of nitrogens with one attached hydrogen (secondary N) is 1. The molecule has 0 bridgehead atoms. The highest BCUT2D eigenvalue weighted by atomic mass is 35.5. The molecule has 1 amide bonds. The lowest BCUT2D eigenvalue weighted by Gasteiger charge is -2.09. The molecule has 0 saturated carbocycles. The van der Waals surface area contributed by atoms with Crippen LogP contribution in [0.2, 0.25) is 5.02 Å². The van der Waals surface area contributed by atoms with Crippen LogP contribution in [0.25, 0.3) is 0 Å². The Morgan fingerprint density at radius 2 is 2.27 bits per heavy atom. The lowest BCUT2D eigenvalue weighted by atomic mass is 10.2. The van der Waals surface area contributed by atoms with Crippen molar-refractivity contribution in [2.45, 2.75) is 13.8 Å². The zero-order chi connectivity index (χ0) is 11.3. The number of halogens is 1. The van der Waals surface area contributed by atoms with E-state index < -0.39 is 0 Å². The highest BCUT2D eigenvalue weighted by molar-refractivity contribution is 6.33. The van der Waals surface area contributed by atoms with Gasteiger partial charge in [-0.25, -0.2) is 0 Å². The number of ether oxygens (including phenoxy) is 1. The van der Waals surface area contributed by atoms with E-state index in [0.717, 1.165) is 5.56 Å². The maximum absolute atomic E-state index is 11.4. The van der Waals surface area contributed by atoms with E-state index in [0.29, 0.717) is 17.3 Å². The maximum atomic E-state index is 11.4. The van der Waals surface area contributed by atoms with Crippen LogP contribution < -0.4 is 5.32 Å². The van der Waals surface area contributed by atoms with Crippen LogP contribution in [0.4, 0.5) is 5.69 Å². The lowest BCUT2D eigenvalue weighted by Crippen LogP contribution is -2.19. The van der Waals surface area contributed by atoms with Gasteiger partial charge < -0.3 is 10.1 Å². The van der Waals surface area contributed by atoms with Crippen LogP contribution in [0.15, 0.2) is 18.2 Å². The molecule has 0 aliphatic rings. The summed E-state index contributed by atoms with van der Waals surface area (Å²) >= 11 is 5.95. The Bertz CT molecular complexity index is 332. The summed E-state index contributed by atoms with van der Waals surface area (Å²) in [7, 11) is 0. The summed E-state index contributed by atoms with van der Waals surface area (Å²) in [5.74, 6) is -0.187. The van der Waals surface area contributed by atoms with Crippen LogP contribution in [0.5, 0.6) is 0 Å². The van der Waals surface area contributed by atoms with Crippen LogP contribution >= 0.6 is 11.6 Å². The van der Waals surface area contributed by atoms with Crippen molar-refractivity contribution in [3.8, 4) is 0 Å². The van der Waals surface area contributed by atoms with Crippen molar-refractivity contribution in [2.75, 3.05) is 18.5 Å². The molecule has 0 aromatic heterocycles. The molecule has 0 atom stereocenters. The molecule has 1 rings (SSSR count). The van der Waals surface area contributed by atoms with E-state index >= 15 is 0 Å². The molecule has 15 heavy (non-hydrogen) atoms. The van der Waals surface area contributed by atoms with Gasteiger partial charge in [0.2, 0.25) is 5.91 Å². The van der Waals surface area contributed by atoms with Gasteiger partial charge in [-0.3, -0.25) is 4.79 Å². The number of hydrogen-bond acceptors (Lipinski definition) is 2. The quantitative estimate of drug-likeness (QED) is 0.859. The molecule has 0 heterocycles. The zero-order valence-electron chi connectivity index (χ0n) is 8.84. The van der Waals surface area contributed by atoms with Crippen molar-refractivity contribution in [1.29, 1.82) is 0 Å². The Kier molecular flexibility index (Phi) is 4.59.